The van der Waals surface area contributed by atoms with E-state index in [0.29, 0.717) is 6.54 Å². The fourth-order valence-electron chi connectivity index (χ4n) is 2.23. The SMILES string of the molecule is CCNC(=O)NC(=O)CN1CCNCc2ccccc21.Cl. The molecule has 2 rings (SSSR count). The highest BCUT2D eigenvalue weighted by Crippen LogP contribution is 2.21. The minimum Gasteiger partial charge on any atom is -0.361 e. The maximum absolute atomic E-state index is 11.9. The van der Waals surface area contributed by atoms with Crippen molar-refractivity contribution < 1.29 is 9.59 Å². The highest BCUT2D eigenvalue weighted by Gasteiger charge is 2.17. The van der Waals surface area contributed by atoms with Gasteiger partial charge in [0.2, 0.25) is 5.91 Å². The van der Waals surface area contributed by atoms with Crippen LogP contribution in [0.25, 0.3) is 0 Å². The van der Waals surface area contributed by atoms with E-state index >= 15 is 0 Å². The predicted molar refractivity (Wildman–Crippen MR) is 84.8 cm³/mol. The summed E-state index contributed by atoms with van der Waals surface area (Å²) in [6.07, 6.45) is 0. The Morgan fingerprint density at radius 1 is 1.33 bits per heavy atom. The smallest absolute Gasteiger partial charge is 0.321 e. The van der Waals surface area contributed by atoms with Crippen LogP contribution in [0.4, 0.5) is 10.5 Å². The molecule has 0 atom stereocenters. The number of amides is 3. The van der Waals surface area contributed by atoms with Crippen LogP contribution in [0.15, 0.2) is 24.3 Å². The molecule has 3 N–H and O–H groups in total. The van der Waals surface area contributed by atoms with Crippen LogP contribution >= 0.6 is 12.4 Å². The summed E-state index contributed by atoms with van der Waals surface area (Å²) in [6, 6.07) is 7.54. The van der Waals surface area contributed by atoms with Crippen LogP contribution in [0.5, 0.6) is 0 Å². The monoisotopic (exact) mass is 312 g/mol. The van der Waals surface area contributed by atoms with Crippen LogP contribution < -0.4 is 20.9 Å². The van der Waals surface area contributed by atoms with Crippen molar-refractivity contribution >= 4 is 30.0 Å². The van der Waals surface area contributed by atoms with Gasteiger partial charge < -0.3 is 15.5 Å². The van der Waals surface area contributed by atoms with Crippen LogP contribution in [0.2, 0.25) is 0 Å². The van der Waals surface area contributed by atoms with E-state index in [1.54, 1.807) is 6.92 Å². The Morgan fingerprint density at radius 3 is 2.86 bits per heavy atom. The molecule has 0 unspecified atom stereocenters. The highest BCUT2D eigenvalue weighted by molar-refractivity contribution is 5.96. The van der Waals surface area contributed by atoms with Crippen molar-refractivity contribution in [1.82, 2.24) is 16.0 Å². The number of hydrogen-bond acceptors (Lipinski definition) is 4. The fraction of sp³-hybridized carbons (Fsp3) is 0.429. The zero-order chi connectivity index (χ0) is 14.4. The number of rotatable bonds is 3. The summed E-state index contributed by atoms with van der Waals surface area (Å²) in [5.41, 5.74) is 2.21. The average Bonchev–Trinajstić information content (AvgIpc) is 2.62. The van der Waals surface area contributed by atoms with Gasteiger partial charge in [0.1, 0.15) is 0 Å². The van der Waals surface area contributed by atoms with E-state index in [4.69, 9.17) is 0 Å². The number of halogens is 1. The molecule has 3 amide bonds. The first-order valence-corrected chi connectivity index (χ1v) is 6.82. The molecule has 1 aliphatic heterocycles. The summed E-state index contributed by atoms with van der Waals surface area (Å²) in [4.78, 5) is 25.2. The summed E-state index contributed by atoms with van der Waals surface area (Å²) < 4.78 is 0. The molecule has 0 saturated carbocycles. The zero-order valence-electron chi connectivity index (χ0n) is 12.0. The Hall–Kier alpha value is -1.79. The maximum Gasteiger partial charge on any atom is 0.321 e. The zero-order valence-corrected chi connectivity index (χ0v) is 12.8. The van der Waals surface area contributed by atoms with Crippen molar-refractivity contribution in [2.75, 3.05) is 31.1 Å². The number of para-hydroxylation sites is 1. The van der Waals surface area contributed by atoms with Crippen LogP contribution in [0, 0.1) is 0 Å². The molecule has 0 aromatic heterocycles. The van der Waals surface area contributed by atoms with Crippen molar-refractivity contribution in [2.45, 2.75) is 13.5 Å². The molecule has 1 heterocycles. The number of fused-ring (bicyclic) bond motifs is 1. The molecular formula is C14H21ClN4O2. The molecule has 0 radical (unpaired) electrons. The average molecular weight is 313 g/mol. The number of carbonyl (C=O) groups is 2. The van der Waals surface area contributed by atoms with Crippen molar-refractivity contribution in [2.24, 2.45) is 0 Å². The van der Waals surface area contributed by atoms with E-state index in [0.717, 1.165) is 30.9 Å². The number of nitrogens with zero attached hydrogens (tertiary/aromatic N) is 1. The molecule has 7 heteroatoms. The standard InChI is InChI=1S/C14H20N4O2.ClH/c1-2-16-14(20)17-13(19)10-18-8-7-15-9-11-5-3-4-6-12(11)18;/h3-6,15H,2,7-10H2,1H3,(H2,16,17,19,20);1H. The number of benzene rings is 1. The summed E-state index contributed by atoms with van der Waals surface area (Å²) >= 11 is 0. The molecule has 116 valence electrons. The third-order valence-electron chi connectivity index (χ3n) is 3.13. The lowest BCUT2D eigenvalue weighted by Gasteiger charge is -2.23. The lowest BCUT2D eigenvalue weighted by Crippen LogP contribution is -2.45. The predicted octanol–water partition coefficient (Wildman–Crippen LogP) is 0.864. The minimum atomic E-state index is -0.446. The summed E-state index contributed by atoms with van der Waals surface area (Å²) in [7, 11) is 0. The summed E-state index contributed by atoms with van der Waals surface area (Å²) in [5.74, 6) is -0.298. The van der Waals surface area contributed by atoms with E-state index in [-0.39, 0.29) is 24.9 Å². The van der Waals surface area contributed by atoms with Crippen molar-refractivity contribution in [3.05, 3.63) is 29.8 Å². The number of anilines is 1. The van der Waals surface area contributed by atoms with E-state index in [2.05, 4.69) is 16.0 Å². The van der Waals surface area contributed by atoms with E-state index in [1.807, 2.05) is 29.2 Å². The fourth-order valence-corrected chi connectivity index (χ4v) is 2.23. The van der Waals surface area contributed by atoms with Gasteiger partial charge in [0, 0.05) is 31.9 Å². The van der Waals surface area contributed by atoms with Gasteiger partial charge in [-0.15, -0.1) is 12.4 Å². The van der Waals surface area contributed by atoms with Crippen LogP contribution in [-0.4, -0.2) is 38.1 Å². The maximum atomic E-state index is 11.9. The van der Waals surface area contributed by atoms with E-state index in [1.165, 1.54) is 0 Å². The van der Waals surface area contributed by atoms with Gasteiger partial charge in [0.25, 0.3) is 0 Å². The first-order chi connectivity index (χ1) is 9.70. The number of carbonyl (C=O) groups excluding carboxylic acids is 2. The first-order valence-electron chi connectivity index (χ1n) is 6.82. The lowest BCUT2D eigenvalue weighted by molar-refractivity contribution is -0.118. The number of nitrogens with one attached hydrogen (secondary N) is 3. The molecule has 0 aliphatic carbocycles. The van der Waals surface area contributed by atoms with Gasteiger partial charge in [-0.2, -0.15) is 0 Å². The Morgan fingerprint density at radius 2 is 2.10 bits per heavy atom. The van der Waals surface area contributed by atoms with Crippen molar-refractivity contribution in [3.63, 3.8) is 0 Å². The molecule has 1 aliphatic rings. The van der Waals surface area contributed by atoms with Crippen LogP contribution in [-0.2, 0) is 11.3 Å². The topological polar surface area (TPSA) is 73.5 Å². The lowest BCUT2D eigenvalue weighted by atomic mass is 10.1. The Labute approximate surface area is 130 Å². The molecule has 0 spiro atoms. The second-order valence-electron chi connectivity index (χ2n) is 4.63. The third-order valence-corrected chi connectivity index (χ3v) is 3.13. The largest absolute Gasteiger partial charge is 0.361 e. The molecule has 0 bridgehead atoms. The number of urea groups is 1. The molecule has 0 saturated heterocycles. The van der Waals surface area contributed by atoms with Crippen molar-refractivity contribution in [3.8, 4) is 0 Å². The number of hydrogen-bond donors (Lipinski definition) is 3. The molecule has 0 fully saturated rings. The second-order valence-corrected chi connectivity index (χ2v) is 4.63. The van der Waals surface area contributed by atoms with Gasteiger partial charge in [-0.1, -0.05) is 18.2 Å². The van der Waals surface area contributed by atoms with E-state index in [9.17, 15) is 9.59 Å². The minimum absolute atomic E-state index is 0. The Balaban J connectivity index is 0.00000220. The first kappa shape index (κ1) is 17.3. The van der Waals surface area contributed by atoms with Gasteiger partial charge in [-0.25, -0.2) is 4.79 Å². The molecule has 1 aromatic rings. The Kier molecular flexibility index (Phi) is 6.98. The Bertz CT molecular complexity index is 496. The van der Waals surface area contributed by atoms with Crippen LogP contribution in [0.3, 0.4) is 0 Å². The summed E-state index contributed by atoms with van der Waals surface area (Å²) in [6.45, 7) is 4.82. The number of imide groups is 1. The van der Waals surface area contributed by atoms with Gasteiger partial charge in [-0.3, -0.25) is 10.1 Å². The van der Waals surface area contributed by atoms with Gasteiger partial charge in [-0.05, 0) is 18.6 Å². The molecule has 21 heavy (non-hydrogen) atoms. The third kappa shape index (κ3) is 4.91. The quantitative estimate of drug-likeness (QED) is 0.774. The molecule has 1 aromatic carbocycles. The van der Waals surface area contributed by atoms with Gasteiger partial charge in [0.15, 0.2) is 0 Å². The van der Waals surface area contributed by atoms with E-state index < -0.39 is 6.03 Å². The highest BCUT2D eigenvalue weighted by atomic mass is 35.5. The molecule has 6 nitrogen and oxygen atoms in total. The van der Waals surface area contributed by atoms with Gasteiger partial charge >= 0.3 is 6.03 Å². The van der Waals surface area contributed by atoms with Crippen molar-refractivity contribution in [1.29, 1.82) is 0 Å². The normalized spacial score (nSPS) is 13.5. The molecular weight excluding hydrogens is 292 g/mol. The van der Waals surface area contributed by atoms with Crippen LogP contribution in [0.1, 0.15) is 12.5 Å². The second kappa shape index (κ2) is 8.49. The summed E-state index contributed by atoms with van der Waals surface area (Å²) in [5, 5.41) is 8.19. The van der Waals surface area contributed by atoms with Gasteiger partial charge in [0.05, 0.1) is 6.54 Å².